The second kappa shape index (κ2) is 10.0. The number of carbonyl (C=O) groups excluding carboxylic acids is 1. The van der Waals surface area contributed by atoms with Crippen LogP contribution >= 0.6 is 0 Å². The van der Waals surface area contributed by atoms with Gasteiger partial charge in [0.25, 0.3) is 0 Å². The van der Waals surface area contributed by atoms with Crippen molar-refractivity contribution in [3.8, 4) is 5.69 Å². The number of hydrogen-bond acceptors (Lipinski definition) is 8. The second-order valence-electron chi connectivity index (χ2n) is 9.43. The van der Waals surface area contributed by atoms with Crippen molar-refractivity contribution in [2.45, 2.75) is 19.4 Å². The van der Waals surface area contributed by atoms with E-state index < -0.39 is 0 Å². The molecule has 5 heterocycles. The number of carbonyl (C=O) groups is 1. The molecule has 1 N–H and O–H groups in total. The fraction of sp³-hybridized carbons (Fsp3) is 0.346. The zero-order chi connectivity index (χ0) is 25.2. The van der Waals surface area contributed by atoms with Crippen LogP contribution in [0, 0.1) is 6.92 Å². The molecular weight excluding hydrogens is 470 g/mol. The highest BCUT2D eigenvalue weighted by molar-refractivity contribution is 6.01. The van der Waals surface area contributed by atoms with Gasteiger partial charge in [0, 0.05) is 56.9 Å². The molecule has 11 nitrogen and oxygen atoms in total. The van der Waals surface area contributed by atoms with Gasteiger partial charge in [-0.05, 0) is 36.8 Å². The van der Waals surface area contributed by atoms with Gasteiger partial charge in [-0.2, -0.15) is 0 Å². The summed E-state index contributed by atoms with van der Waals surface area (Å²) in [6, 6.07) is 12.1. The molecule has 0 bridgehead atoms. The molecule has 11 heteroatoms. The van der Waals surface area contributed by atoms with Gasteiger partial charge in [-0.3, -0.25) is 9.69 Å². The van der Waals surface area contributed by atoms with E-state index in [0.717, 1.165) is 60.3 Å². The summed E-state index contributed by atoms with van der Waals surface area (Å²) in [6.07, 6.45) is 7.89. The van der Waals surface area contributed by atoms with Gasteiger partial charge >= 0.3 is 0 Å². The van der Waals surface area contributed by atoms with Crippen molar-refractivity contribution in [3.05, 3.63) is 72.6 Å². The third kappa shape index (κ3) is 5.17. The van der Waals surface area contributed by atoms with E-state index >= 15 is 0 Å². The van der Waals surface area contributed by atoms with Crippen LogP contribution < -0.4 is 10.2 Å². The number of benzene rings is 1. The molecule has 1 aromatic carbocycles. The summed E-state index contributed by atoms with van der Waals surface area (Å²) in [7, 11) is 0. The van der Waals surface area contributed by atoms with Crippen LogP contribution in [0.5, 0.6) is 0 Å². The monoisotopic (exact) mass is 499 g/mol. The Hall–Kier alpha value is -4.25. The number of fused-ring (bicyclic) bond motifs is 1. The molecule has 4 aromatic rings. The van der Waals surface area contributed by atoms with Crippen LogP contribution in [0.3, 0.4) is 0 Å². The zero-order valence-electron chi connectivity index (χ0n) is 20.7. The number of nitrogens with one attached hydrogen (secondary N) is 1. The molecule has 1 fully saturated rings. The van der Waals surface area contributed by atoms with Crippen LogP contribution in [0.1, 0.15) is 17.7 Å². The quantitative estimate of drug-likeness (QED) is 0.412. The van der Waals surface area contributed by atoms with E-state index in [4.69, 9.17) is 4.84 Å². The van der Waals surface area contributed by atoms with E-state index in [1.165, 1.54) is 0 Å². The van der Waals surface area contributed by atoms with Crippen LogP contribution in [0.4, 0.5) is 5.82 Å². The molecule has 190 valence electrons. The lowest BCUT2D eigenvalue weighted by Gasteiger charge is -2.34. The number of anilines is 1. The molecule has 6 rings (SSSR count). The maximum atomic E-state index is 12.6. The molecular formula is C26H29N9O2. The van der Waals surface area contributed by atoms with Gasteiger partial charge in [-0.1, -0.05) is 17.3 Å². The zero-order valence-corrected chi connectivity index (χ0v) is 20.7. The predicted molar refractivity (Wildman–Crippen MR) is 139 cm³/mol. The average molecular weight is 500 g/mol. The Balaban J connectivity index is 0.933. The third-order valence-corrected chi connectivity index (χ3v) is 6.77. The van der Waals surface area contributed by atoms with Crippen LogP contribution in [0.15, 0.2) is 66.5 Å². The van der Waals surface area contributed by atoms with Crippen LogP contribution in [0.25, 0.3) is 11.3 Å². The number of aromatic nitrogens is 5. The Morgan fingerprint density at radius 2 is 1.92 bits per heavy atom. The third-order valence-electron chi connectivity index (χ3n) is 6.77. The molecule has 0 radical (unpaired) electrons. The van der Waals surface area contributed by atoms with Gasteiger partial charge < -0.3 is 19.6 Å². The van der Waals surface area contributed by atoms with Gasteiger partial charge in [0.15, 0.2) is 5.65 Å². The summed E-state index contributed by atoms with van der Waals surface area (Å²) >= 11 is 0. The lowest BCUT2D eigenvalue weighted by atomic mass is 10.0. The first-order valence-electron chi connectivity index (χ1n) is 12.5. The molecule has 0 saturated carbocycles. The molecule has 2 aliphatic rings. The number of oxime groups is 1. The fourth-order valence-corrected chi connectivity index (χ4v) is 4.69. The summed E-state index contributed by atoms with van der Waals surface area (Å²) in [4.78, 5) is 31.1. The lowest BCUT2D eigenvalue weighted by Crippen LogP contribution is -2.50. The van der Waals surface area contributed by atoms with Crippen molar-refractivity contribution in [3.63, 3.8) is 0 Å². The topological polar surface area (TPSA) is 105 Å². The Kier molecular flexibility index (Phi) is 6.27. The first kappa shape index (κ1) is 23.2. The highest BCUT2D eigenvalue weighted by Crippen LogP contribution is 2.19. The molecule has 0 spiro atoms. The normalized spacial score (nSPS) is 18.1. The van der Waals surface area contributed by atoms with Gasteiger partial charge in [0.2, 0.25) is 5.91 Å². The van der Waals surface area contributed by atoms with Crippen molar-refractivity contribution in [2.75, 3.05) is 44.2 Å². The first-order chi connectivity index (χ1) is 18.1. The maximum Gasteiger partial charge on any atom is 0.234 e. The fourth-order valence-electron chi connectivity index (χ4n) is 4.69. The van der Waals surface area contributed by atoms with Crippen molar-refractivity contribution >= 4 is 23.1 Å². The van der Waals surface area contributed by atoms with Crippen LogP contribution in [-0.2, 0) is 9.63 Å². The van der Waals surface area contributed by atoms with Gasteiger partial charge in [-0.15, -0.1) is 5.10 Å². The van der Waals surface area contributed by atoms with Crippen molar-refractivity contribution in [1.29, 1.82) is 0 Å². The molecule has 3 aromatic heterocycles. The maximum absolute atomic E-state index is 12.6. The van der Waals surface area contributed by atoms with E-state index in [0.29, 0.717) is 19.5 Å². The summed E-state index contributed by atoms with van der Waals surface area (Å²) in [5, 5.41) is 11.9. The minimum absolute atomic E-state index is 0.00318. The van der Waals surface area contributed by atoms with E-state index in [-0.39, 0.29) is 12.0 Å². The van der Waals surface area contributed by atoms with E-state index in [9.17, 15) is 4.79 Å². The summed E-state index contributed by atoms with van der Waals surface area (Å²) in [6.45, 7) is 6.03. The smallest absolute Gasteiger partial charge is 0.234 e. The van der Waals surface area contributed by atoms with E-state index in [1.54, 1.807) is 17.0 Å². The Morgan fingerprint density at radius 1 is 1.08 bits per heavy atom. The molecule has 1 unspecified atom stereocenters. The average Bonchev–Trinajstić information content (AvgIpc) is 3.69. The van der Waals surface area contributed by atoms with Gasteiger partial charge in [0.1, 0.15) is 11.9 Å². The lowest BCUT2D eigenvalue weighted by molar-refractivity contribution is -0.122. The molecule has 0 aliphatic carbocycles. The number of piperazine rings is 1. The largest absolute Gasteiger partial charge is 0.390 e. The summed E-state index contributed by atoms with van der Waals surface area (Å²) in [5.41, 5.74) is 4.77. The summed E-state index contributed by atoms with van der Waals surface area (Å²) < 4.78 is 3.77. The Morgan fingerprint density at radius 3 is 2.70 bits per heavy atom. The van der Waals surface area contributed by atoms with Crippen molar-refractivity contribution in [1.82, 2.24) is 34.4 Å². The second-order valence-corrected chi connectivity index (χ2v) is 9.43. The molecule has 2 aliphatic heterocycles. The SMILES string of the molecule is Cc1cn(-c2ccc(C3=NOC(CNC(=O)CN4CCN(c5ccc6nccn6n5)CC4)C3)cc2)cn1. The standard InChI is InChI=1S/C26H29N9O2/c1-19-16-34(18-29-19)21-4-2-20(3-5-21)23-14-22(37-31-23)15-28-26(36)17-32-10-12-33(13-11-32)25-7-6-24-27-8-9-35(24)30-25/h2-9,16,18,22H,10-15,17H2,1H3,(H,28,36). The molecule has 37 heavy (non-hydrogen) atoms. The van der Waals surface area contributed by atoms with Crippen molar-refractivity contribution < 1.29 is 9.63 Å². The number of imidazole rings is 2. The number of rotatable bonds is 7. The highest BCUT2D eigenvalue weighted by Gasteiger charge is 2.24. The number of hydrogen-bond donors (Lipinski definition) is 1. The minimum Gasteiger partial charge on any atom is -0.390 e. The van der Waals surface area contributed by atoms with Gasteiger partial charge in [0.05, 0.1) is 30.8 Å². The summed E-state index contributed by atoms with van der Waals surface area (Å²) in [5.74, 6) is 0.929. The molecule has 1 saturated heterocycles. The van der Waals surface area contributed by atoms with E-state index in [2.05, 4.69) is 35.3 Å². The Labute approximate surface area is 214 Å². The number of aryl methyl sites for hydroxylation is 1. The first-order valence-corrected chi connectivity index (χ1v) is 12.5. The minimum atomic E-state index is -0.157. The van der Waals surface area contributed by atoms with Crippen LogP contribution in [-0.4, -0.2) is 86.0 Å². The molecule has 1 amide bonds. The number of amides is 1. The predicted octanol–water partition coefficient (Wildman–Crippen LogP) is 1.65. The van der Waals surface area contributed by atoms with Gasteiger partial charge in [-0.25, -0.2) is 14.5 Å². The Bertz CT molecular complexity index is 1420. The number of nitrogens with zero attached hydrogens (tertiary/aromatic N) is 8. The van der Waals surface area contributed by atoms with Crippen molar-refractivity contribution in [2.24, 2.45) is 5.16 Å². The highest BCUT2D eigenvalue weighted by atomic mass is 16.6. The van der Waals surface area contributed by atoms with E-state index in [1.807, 2.05) is 60.3 Å². The molecule has 1 atom stereocenters. The van der Waals surface area contributed by atoms with Crippen LogP contribution in [0.2, 0.25) is 0 Å².